The summed E-state index contributed by atoms with van der Waals surface area (Å²) in [6, 6.07) is 0. The molecular formula is C6H4N4O2S. The Labute approximate surface area is 78.1 Å². The Bertz CT molecular complexity index is 384. The van der Waals surface area contributed by atoms with E-state index in [9.17, 15) is 4.79 Å². The number of aliphatic imine (C=N–C) groups is 2. The van der Waals surface area contributed by atoms with E-state index in [-0.39, 0.29) is 10.8 Å². The summed E-state index contributed by atoms with van der Waals surface area (Å²) in [5.41, 5.74) is 2.49. The Hall–Kier alpha value is -1.63. The monoisotopic (exact) mass is 196 g/mol. The fourth-order valence-electron chi connectivity index (χ4n) is 1.07. The molecule has 7 heteroatoms. The number of carbonyl (C=O) groups is 1. The molecule has 1 atom stereocenters. The summed E-state index contributed by atoms with van der Waals surface area (Å²) in [5, 5.41) is 12.5. The third-order valence-corrected chi connectivity index (χ3v) is 1.85. The van der Waals surface area contributed by atoms with E-state index in [1.54, 1.807) is 0 Å². The van der Waals surface area contributed by atoms with Gasteiger partial charge in [-0.3, -0.25) is 5.43 Å². The summed E-state index contributed by atoms with van der Waals surface area (Å²) in [6.45, 7) is 0. The highest BCUT2D eigenvalue weighted by Crippen LogP contribution is 2.11. The lowest BCUT2D eigenvalue weighted by Crippen LogP contribution is -2.31. The molecule has 2 aliphatic rings. The van der Waals surface area contributed by atoms with Crippen molar-refractivity contribution in [2.45, 2.75) is 0 Å². The molecule has 2 heterocycles. The zero-order chi connectivity index (χ0) is 9.42. The first kappa shape index (κ1) is 7.99. The van der Waals surface area contributed by atoms with Crippen LogP contribution in [0.15, 0.2) is 15.1 Å². The van der Waals surface area contributed by atoms with E-state index in [0.29, 0.717) is 5.84 Å². The summed E-state index contributed by atoms with van der Waals surface area (Å²) in [7, 11) is 0. The van der Waals surface area contributed by atoms with Crippen molar-refractivity contribution in [2.75, 3.05) is 0 Å². The van der Waals surface area contributed by atoms with Gasteiger partial charge in [0.25, 0.3) is 0 Å². The highest BCUT2D eigenvalue weighted by atomic mass is 32.1. The average Bonchev–Trinajstić information content (AvgIpc) is 2.46. The molecule has 0 fully saturated rings. The van der Waals surface area contributed by atoms with Crippen molar-refractivity contribution >= 4 is 41.1 Å². The molecule has 0 aromatic rings. The number of hydrogen-bond acceptors (Lipinski definition) is 4. The Morgan fingerprint density at radius 2 is 2.46 bits per heavy atom. The molecule has 0 spiro atoms. The maximum absolute atomic E-state index is 10.6. The first-order chi connectivity index (χ1) is 6.18. The fraction of sp³-hybridized carbons (Fsp3) is 0.167. The van der Waals surface area contributed by atoms with Crippen molar-refractivity contribution < 1.29 is 9.90 Å². The van der Waals surface area contributed by atoms with E-state index in [4.69, 9.17) is 17.3 Å². The van der Waals surface area contributed by atoms with Gasteiger partial charge in [0, 0.05) is 6.21 Å². The van der Waals surface area contributed by atoms with Crippen LogP contribution in [0.1, 0.15) is 0 Å². The van der Waals surface area contributed by atoms with Crippen LogP contribution < -0.4 is 5.43 Å². The summed E-state index contributed by atoms with van der Waals surface area (Å²) >= 11 is 4.71. The number of carboxylic acids is 1. The molecule has 13 heavy (non-hydrogen) atoms. The SMILES string of the molecule is O=C(O)C1=NNC2=NC(=S)N=CC21. The van der Waals surface area contributed by atoms with Gasteiger partial charge in [-0.25, -0.2) is 14.8 Å². The first-order valence-electron chi connectivity index (χ1n) is 3.42. The predicted molar refractivity (Wildman–Crippen MR) is 50.2 cm³/mol. The number of nitrogens with one attached hydrogen (secondary N) is 1. The molecule has 2 N–H and O–H groups in total. The standard InChI is InChI=1S/C6H4N4O2S/c11-5(12)3-2-1-7-6(13)8-4(2)10-9-3/h1-2H,(H,11,12)(H,8,10,13). The van der Waals surface area contributed by atoms with Crippen LogP contribution in [0.4, 0.5) is 0 Å². The van der Waals surface area contributed by atoms with Gasteiger partial charge in [0.05, 0.1) is 0 Å². The zero-order valence-corrected chi connectivity index (χ0v) is 7.08. The van der Waals surface area contributed by atoms with Crippen LogP contribution in [0.5, 0.6) is 0 Å². The van der Waals surface area contributed by atoms with Crippen molar-refractivity contribution in [1.82, 2.24) is 5.43 Å². The lowest BCUT2D eigenvalue weighted by Gasteiger charge is -2.08. The molecule has 1 unspecified atom stereocenters. The fourth-order valence-corrected chi connectivity index (χ4v) is 1.23. The van der Waals surface area contributed by atoms with Gasteiger partial charge in [-0.2, -0.15) is 5.10 Å². The second kappa shape index (κ2) is 2.70. The largest absolute Gasteiger partial charge is 0.477 e. The molecule has 66 valence electrons. The molecule has 0 saturated carbocycles. The van der Waals surface area contributed by atoms with Crippen LogP contribution in [0.2, 0.25) is 0 Å². The van der Waals surface area contributed by atoms with Gasteiger partial charge in [0.2, 0.25) is 5.11 Å². The van der Waals surface area contributed by atoms with Gasteiger partial charge < -0.3 is 5.11 Å². The average molecular weight is 196 g/mol. The number of nitrogens with zero attached hydrogens (tertiary/aromatic N) is 3. The number of hydrazone groups is 1. The molecule has 2 aliphatic heterocycles. The maximum Gasteiger partial charge on any atom is 0.353 e. The minimum Gasteiger partial charge on any atom is -0.477 e. The van der Waals surface area contributed by atoms with Crippen molar-refractivity contribution in [3.63, 3.8) is 0 Å². The van der Waals surface area contributed by atoms with E-state index >= 15 is 0 Å². The van der Waals surface area contributed by atoms with Gasteiger partial charge in [-0.15, -0.1) is 0 Å². The third-order valence-electron chi connectivity index (χ3n) is 1.65. The molecule has 0 aromatic carbocycles. The third kappa shape index (κ3) is 1.22. The van der Waals surface area contributed by atoms with Crippen LogP contribution in [-0.4, -0.2) is 34.0 Å². The van der Waals surface area contributed by atoms with E-state index in [1.807, 2.05) is 0 Å². The maximum atomic E-state index is 10.6. The molecule has 0 amide bonds. The number of hydrogen-bond donors (Lipinski definition) is 2. The number of amidine groups is 1. The summed E-state index contributed by atoms with van der Waals surface area (Å²) in [6.07, 6.45) is 1.43. The minimum atomic E-state index is -1.08. The number of aliphatic carboxylic acids is 1. The van der Waals surface area contributed by atoms with Crippen LogP contribution in [0.3, 0.4) is 0 Å². The Morgan fingerprint density at radius 1 is 1.69 bits per heavy atom. The van der Waals surface area contributed by atoms with E-state index in [2.05, 4.69) is 20.5 Å². The smallest absolute Gasteiger partial charge is 0.353 e. The Kier molecular flexibility index (Phi) is 1.66. The summed E-state index contributed by atoms with van der Waals surface area (Å²) in [5.74, 6) is -1.14. The van der Waals surface area contributed by atoms with Crippen molar-refractivity contribution in [3.8, 4) is 0 Å². The highest BCUT2D eigenvalue weighted by molar-refractivity contribution is 7.80. The lowest BCUT2D eigenvalue weighted by atomic mass is 10.0. The van der Waals surface area contributed by atoms with Gasteiger partial charge in [-0.05, 0) is 12.2 Å². The molecular weight excluding hydrogens is 192 g/mol. The van der Waals surface area contributed by atoms with Gasteiger partial charge >= 0.3 is 5.97 Å². The van der Waals surface area contributed by atoms with E-state index < -0.39 is 11.9 Å². The van der Waals surface area contributed by atoms with E-state index in [0.717, 1.165) is 0 Å². The predicted octanol–water partition coefficient (Wildman–Crippen LogP) is -0.586. The molecule has 2 rings (SSSR count). The number of rotatable bonds is 1. The topological polar surface area (TPSA) is 86.4 Å². The van der Waals surface area contributed by atoms with Crippen LogP contribution >= 0.6 is 12.2 Å². The van der Waals surface area contributed by atoms with Crippen molar-refractivity contribution in [1.29, 1.82) is 0 Å². The van der Waals surface area contributed by atoms with Crippen molar-refractivity contribution in [3.05, 3.63) is 0 Å². The van der Waals surface area contributed by atoms with Crippen LogP contribution in [0, 0.1) is 5.92 Å². The number of carboxylic acid groups (broad SMARTS) is 1. The summed E-state index contributed by atoms with van der Waals surface area (Å²) in [4.78, 5) is 18.2. The first-order valence-corrected chi connectivity index (χ1v) is 3.83. The molecule has 0 aliphatic carbocycles. The summed E-state index contributed by atoms with van der Waals surface area (Å²) < 4.78 is 0. The van der Waals surface area contributed by atoms with Crippen LogP contribution in [-0.2, 0) is 4.79 Å². The highest BCUT2D eigenvalue weighted by Gasteiger charge is 2.33. The van der Waals surface area contributed by atoms with E-state index in [1.165, 1.54) is 6.21 Å². The minimum absolute atomic E-state index is 0.00926. The quantitative estimate of drug-likeness (QED) is 0.549. The molecule has 0 radical (unpaired) electrons. The molecule has 6 nitrogen and oxygen atoms in total. The Morgan fingerprint density at radius 3 is 3.15 bits per heavy atom. The second-order valence-corrected chi connectivity index (χ2v) is 2.81. The normalized spacial score (nSPS) is 24.6. The van der Waals surface area contributed by atoms with Gasteiger partial charge in [0.1, 0.15) is 11.8 Å². The zero-order valence-electron chi connectivity index (χ0n) is 6.26. The van der Waals surface area contributed by atoms with Crippen molar-refractivity contribution in [2.24, 2.45) is 21.0 Å². The molecule has 0 aromatic heterocycles. The molecule has 0 bridgehead atoms. The van der Waals surface area contributed by atoms with Gasteiger partial charge in [0.15, 0.2) is 5.71 Å². The van der Waals surface area contributed by atoms with Gasteiger partial charge in [-0.1, -0.05) is 0 Å². The number of fused-ring (bicyclic) bond motifs is 1. The lowest BCUT2D eigenvalue weighted by molar-refractivity contribution is -0.129. The molecule has 0 saturated heterocycles. The number of thiocarbonyl (C=S) groups is 1. The Balaban J connectivity index is 2.34. The second-order valence-electron chi connectivity index (χ2n) is 2.45. The van der Waals surface area contributed by atoms with Crippen LogP contribution in [0.25, 0.3) is 0 Å².